The van der Waals surface area contributed by atoms with Gasteiger partial charge in [0.25, 0.3) is 0 Å². The number of nitrogens with zero attached hydrogens (tertiary/aromatic N) is 3. The topological polar surface area (TPSA) is 53.5 Å². The molecule has 0 spiro atoms. The van der Waals surface area contributed by atoms with Gasteiger partial charge < -0.3 is 14.2 Å². The summed E-state index contributed by atoms with van der Waals surface area (Å²) in [7, 11) is 3.32. The van der Waals surface area contributed by atoms with Gasteiger partial charge in [-0.05, 0) is 24.4 Å². The van der Waals surface area contributed by atoms with E-state index in [4.69, 9.17) is 28.6 Å². The van der Waals surface area contributed by atoms with E-state index in [0.29, 0.717) is 23.0 Å². The molecule has 2 heterocycles. The van der Waals surface area contributed by atoms with E-state index in [-0.39, 0.29) is 11.2 Å². The Bertz CT molecular complexity index is 836. The fourth-order valence-electron chi connectivity index (χ4n) is 2.87. The van der Waals surface area contributed by atoms with E-state index in [2.05, 4.69) is 5.10 Å². The van der Waals surface area contributed by atoms with Gasteiger partial charge >= 0.3 is 5.97 Å². The average Bonchev–Trinajstić information content (AvgIpc) is 2.90. The second kappa shape index (κ2) is 7.90. The van der Waals surface area contributed by atoms with E-state index in [0.717, 1.165) is 23.7 Å². The molecule has 1 aromatic heterocycles. The predicted molar refractivity (Wildman–Crippen MR) is 101 cm³/mol. The van der Waals surface area contributed by atoms with Crippen molar-refractivity contribution in [1.29, 1.82) is 0 Å². The number of benzene rings is 1. The number of carbonyl (C=O) groups excluding carboxylic acids is 1. The Kier molecular flexibility index (Phi) is 5.83. The fourth-order valence-corrected chi connectivity index (χ4v) is 4.56. The van der Waals surface area contributed by atoms with Gasteiger partial charge in [0, 0.05) is 18.4 Å². The molecule has 0 amide bonds. The van der Waals surface area contributed by atoms with Crippen molar-refractivity contribution in [1.82, 2.24) is 14.3 Å². The molecule has 0 aliphatic carbocycles. The number of quaternary nitrogens is 1. The normalized spacial score (nSPS) is 20.4. The monoisotopic (exact) mass is 399 g/mol. The Labute approximate surface area is 160 Å². The summed E-state index contributed by atoms with van der Waals surface area (Å²) in [6, 6.07) is 7.59. The minimum atomic E-state index is -0.163. The maximum atomic E-state index is 11.8. The van der Waals surface area contributed by atoms with Crippen LogP contribution in [0.1, 0.15) is 0 Å². The first-order chi connectivity index (χ1) is 12.0. The van der Waals surface area contributed by atoms with Crippen molar-refractivity contribution in [3.8, 4) is 11.4 Å². The molecule has 25 heavy (non-hydrogen) atoms. The van der Waals surface area contributed by atoms with Crippen molar-refractivity contribution in [2.24, 2.45) is 7.05 Å². The number of esters is 1. The number of nitrogens with one attached hydrogen (secondary N) is 1. The Morgan fingerprint density at radius 1 is 1.52 bits per heavy atom. The van der Waals surface area contributed by atoms with E-state index >= 15 is 0 Å². The van der Waals surface area contributed by atoms with Gasteiger partial charge in [-0.1, -0.05) is 23.7 Å². The number of hydrogen-bond acceptors (Lipinski definition) is 5. The van der Waals surface area contributed by atoms with Crippen LogP contribution in [0.15, 0.2) is 24.3 Å². The summed E-state index contributed by atoms with van der Waals surface area (Å²) in [4.78, 5) is 13.1. The zero-order valence-electron chi connectivity index (χ0n) is 14.1. The molecular formula is C16H20ClN4O2S2+. The van der Waals surface area contributed by atoms with Crippen molar-refractivity contribution in [2.75, 3.05) is 26.0 Å². The van der Waals surface area contributed by atoms with Gasteiger partial charge in [0.1, 0.15) is 6.54 Å². The van der Waals surface area contributed by atoms with Crippen molar-refractivity contribution in [3.05, 3.63) is 34.1 Å². The third-order valence-electron chi connectivity index (χ3n) is 4.24. The number of carbonyl (C=O) groups is 1. The number of hydrogen-bond donors (Lipinski definition) is 1. The molecule has 0 bridgehead atoms. The largest absolute Gasteiger partial charge is 0.468 e. The predicted octanol–water partition coefficient (Wildman–Crippen LogP) is 1.40. The molecule has 2 atom stereocenters. The van der Waals surface area contributed by atoms with Crippen LogP contribution in [0.4, 0.5) is 0 Å². The van der Waals surface area contributed by atoms with E-state index < -0.39 is 0 Å². The van der Waals surface area contributed by atoms with Gasteiger partial charge in [-0.2, -0.15) is 4.68 Å². The van der Waals surface area contributed by atoms with Gasteiger partial charge in [0.05, 0.1) is 18.7 Å². The van der Waals surface area contributed by atoms with E-state index in [1.165, 1.54) is 12.0 Å². The SMILES string of the molecule is COC(=O)[C@@H]1C[NH+](Cn2nc(-c3ccccc3Cl)n(C)c2=S)CCS1. The molecule has 1 aliphatic rings. The lowest BCUT2D eigenvalue weighted by molar-refractivity contribution is -0.921. The van der Waals surface area contributed by atoms with E-state index in [9.17, 15) is 4.79 Å². The molecule has 134 valence electrons. The molecule has 0 saturated carbocycles. The zero-order valence-corrected chi connectivity index (χ0v) is 16.5. The highest BCUT2D eigenvalue weighted by molar-refractivity contribution is 8.00. The lowest BCUT2D eigenvalue weighted by Crippen LogP contribution is -3.14. The summed E-state index contributed by atoms with van der Waals surface area (Å²) < 4.78 is 9.19. The van der Waals surface area contributed by atoms with Crippen molar-refractivity contribution in [2.45, 2.75) is 11.9 Å². The molecule has 1 saturated heterocycles. The van der Waals surface area contributed by atoms with Crippen LogP contribution in [0.3, 0.4) is 0 Å². The van der Waals surface area contributed by atoms with Crippen LogP contribution < -0.4 is 4.90 Å². The Balaban J connectivity index is 1.82. The second-order valence-electron chi connectivity index (χ2n) is 5.89. The van der Waals surface area contributed by atoms with E-state index in [1.807, 2.05) is 40.6 Å². The Morgan fingerprint density at radius 2 is 2.28 bits per heavy atom. The highest BCUT2D eigenvalue weighted by Crippen LogP contribution is 2.25. The molecule has 0 radical (unpaired) electrons. The smallest absolute Gasteiger partial charge is 0.324 e. The van der Waals surface area contributed by atoms with Gasteiger partial charge in [0.15, 0.2) is 17.7 Å². The van der Waals surface area contributed by atoms with Crippen LogP contribution >= 0.6 is 35.6 Å². The summed E-state index contributed by atoms with van der Waals surface area (Å²) in [5, 5.41) is 5.19. The molecule has 6 nitrogen and oxygen atoms in total. The quantitative estimate of drug-likeness (QED) is 0.622. The molecular weight excluding hydrogens is 380 g/mol. The summed E-state index contributed by atoms with van der Waals surface area (Å²) in [5.41, 5.74) is 0.855. The summed E-state index contributed by atoms with van der Waals surface area (Å²) >= 11 is 13.5. The van der Waals surface area contributed by atoms with Gasteiger partial charge in [0.2, 0.25) is 4.77 Å². The van der Waals surface area contributed by atoms with Crippen LogP contribution in [0.2, 0.25) is 5.02 Å². The van der Waals surface area contributed by atoms with Crippen LogP contribution in [0, 0.1) is 4.77 Å². The van der Waals surface area contributed by atoms with Crippen molar-refractivity contribution in [3.63, 3.8) is 0 Å². The minimum absolute atomic E-state index is 0.130. The molecule has 1 N–H and O–H groups in total. The fraction of sp³-hybridized carbons (Fsp3) is 0.438. The number of ether oxygens (including phenoxy) is 1. The zero-order chi connectivity index (χ0) is 18.0. The highest BCUT2D eigenvalue weighted by Gasteiger charge is 2.30. The van der Waals surface area contributed by atoms with Crippen molar-refractivity contribution >= 4 is 41.6 Å². The molecule has 1 fully saturated rings. The average molecular weight is 400 g/mol. The first-order valence-corrected chi connectivity index (χ1v) is 9.76. The molecule has 2 aromatic rings. The molecule has 1 unspecified atom stereocenters. The van der Waals surface area contributed by atoms with Crippen molar-refractivity contribution < 1.29 is 14.4 Å². The lowest BCUT2D eigenvalue weighted by atomic mass is 10.2. The van der Waals surface area contributed by atoms with E-state index in [1.54, 1.807) is 11.8 Å². The number of halogens is 1. The van der Waals surface area contributed by atoms with Crippen LogP contribution in [0.25, 0.3) is 11.4 Å². The Morgan fingerprint density at radius 3 is 3.00 bits per heavy atom. The first kappa shape index (κ1) is 18.4. The molecule has 9 heteroatoms. The molecule has 3 rings (SSSR count). The molecule has 1 aromatic carbocycles. The standard InChI is InChI=1S/C16H19ClN4O2S2/c1-19-14(11-5-3-4-6-12(11)17)18-21(16(19)24)10-20-7-8-25-13(9-20)15(22)23-2/h3-6,13H,7-10H2,1-2H3/p+1/t13-/m0/s1. The van der Waals surface area contributed by atoms with Crippen LogP contribution in [0.5, 0.6) is 0 Å². The minimum Gasteiger partial charge on any atom is -0.468 e. The van der Waals surface area contributed by atoms with Crippen LogP contribution in [-0.4, -0.2) is 51.5 Å². The highest BCUT2D eigenvalue weighted by atomic mass is 35.5. The number of rotatable bonds is 4. The first-order valence-electron chi connectivity index (χ1n) is 7.93. The number of aromatic nitrogens is 3. The summed E-state index contributed by atoms with van der Waals surface area (Å²) in [6.45, 7) is 2.28. The third-order valence-corrected chi connectivity index (χ3v) is 6.26. The maximum absolute atomic E-state index is 11.8. The summed E-state index contributed by atoms with van der Waals surface area (Å²) in [5.74, 6) is 1.49. The van der Waals surface area contributed by atoms with Crippen LogP contribution in [-0.2, 0) is 23.2 Å². The lowest BCUT2D eigenvalue weighted by Gasteiger charge is -2.27. The maximum Gasteiger partial charge on any atom is 0.324 e. The Hall–Kier alpha value is -1.35. The van der Waals surface area contributed by atoms with Gasteiger partial charge in [-0.25, -0.2) is 0 Å². The summed E-state index contributed by atoms with van der Waals surface area (Å²) in [6.07, 6.45) is 0. The third kappa shape index (κ3) is 3.92. The van der Waals surface area contributed by atoms with Gasteiger partial charge in [-0.15, -0.1) is 16.9 Å². The van der Waals surface area contributed by atoms with Gasteiger partial charge in [-0.3, -0.25) is 4.79 Å². The second-order valence-corrected chi connectivity index (χ2v) is 7.97. The number of methoxy groups -OCH3 is 1. The molecule has 1 aliphatic heterocycles. The number of thioether (sulfide) groups is 1.